The fourth-order valence-corrected chi connectivity index (χ4v) is 4.84. The highest BCUT2D eigenvalue weighted by Crippen LogP contribution is 2.34. The van der Waals surface area contributed by atoms with E-state index >= 15 is 0 Å². The van der Waals surface area contributed by atoms with Crippen LogP contribution in [0.2, 0.25) is 5.02 Å². The predicted molar refractivity (Wildman–Crippen MR) is 112 cm³/mol. The number of rotatable bonds is 5. The molecule has 8 heteroatoms. The number of nitrogens with zero attached hydrogens (tertiary/aromatic N) is 2. The summed E-state index contributed by atoms with van der Waals surface area (Å²) in [6, 6.07) is 5.24. The fourth-order valence-electron chi connectivity index (χ4n) is 3.55. The second-order valence-electron chi connectivity index (χ2n) is 7.58. The van der Waals surface area contributed by atoms with E-state index in [-0.39, 0.29) is 5.91 Å². The Labute approximate surface area is 174 Å². The maximum absolute atomic E-state index is 12.9. The predicted octanol–water partition coefficient (Wildman–Crippen LogP) is 4.43. The zero-order valence-corrected chi connectivity index (χ0v) is 18.0. The average molecular weight is 424 g/mol. The molecular formula is C20H26ClN3O3S. The molecule has 1 aromatic carbocycles. The van der Waals surface area contributed by atoms with E-state index in [0.717, 1.165) is 28.1 Å². The molecule has 152 valence electrons. The summed E-state index contributed by atoms with van der Waals surface area (Å²) in [6.45, 7) is 5.39. The van der Waals surface area contributed by atoms with Gasteiger partial charge in [0.15, 0.2) is 0 Å². The Hall–Kier alpha value is -1.86. The first kappa shape index (κ1) is 20.9. The van der Waals surface area contributed by atoms with Crippen molar-refractivity contribution in [1.82, 2.24) is 15.2 Å². The lowest BCUT2D eigenvalue weighted by molar-refractivity contribution is -0.134. The summed E-state index contributed by atoms with van der Waals surface area (Å²) in [5.74, 6) is 0.601. The molecule has 1 aromatic heterocycles. The highest BCUT2D eigenvalue weighted by Gasteiger charge is 2.31. The summed E-state index contributed by atoms with van der Waals surface area (Å²) >= 11 is 7.76. The topological polar surface area (TPSA) is 71.5 Å². The molecule has 2 heterocycles. The lowest BCUT2D eigenvalue weighted by atomic mass is 9.96. The fraction of sp³-hybridized carbons (Fsp3) is 0.550. The van der Waals surface area contributed by atoms with Crippen LogP contribution < -0.4 is 5.32 Å². The van der Waals surface area contributed by atoms with Gasteiger partial charge in [-0.25, -0.2) is 9.78 Å². The van der Waals surface area contributed by atoms with Crippen LogP contribution in [0, 0.1) is 5.92 Å². The van der Waals surface area contributed by atoms with Crippen molar-refractivity contribution in [2.24, 2.45) is 5.92 Å². The first-order valence-electron chi connectivity index (χ1n) is 9.56. The van der Waals surface area contributed by atoms with Gasteiger partial charge in [-0.3, -0.25) is 4.79 Å². The summed E-state index contributed by atoms with van der Waals surface area (Å²) in [5.41, 5.74) is 0.935. The van der Waals surface area contributed by atoms with Gasteiger partial charge < -0.3 is 15.0 Å². The summed E-state index contributed by atoms with van der Waals surface area (Å²) in [7, 11) is 1.31. The SMILES string of the molecule is COC(=O)NC(CC(C)C)C(=O)N1CCC(c2nc3cc(Cl)ccc3s2)CC1. The number of halogens is 1. The van der Waals surface area contributed by atoms with Crippen molar-refractivity contribution in [1.29, 1.82) is 0 Å². The average Bonchev–Trinajstić information content (AvgIpc) is 3.09. The molecular weight excluding hydrogens is 398 g/mol. The Balaban J connectivity index is 1.63. The van der Waals surface area contributed by atoms with Gasteiger partial charge in [-0.05, 0) is 43.4 Å². The highest BCUT2D eigenvalue weighted by molar-refractivity contribution is 7.18. The normalized spacial score (nSPS) is 16.4. The number of carbonyl (C=O) groups is 2. The zero-order chi connectivity index (χ0) is 20.3. The van der Waals surface area contributed by atoms with E-state index in [9.17, 15) is 9.59 Å². The van der Waals surface area contributed by atoms with Gasteiger partial charge >= 0.3 is 6.09 Å². The number of nitrogens with one attached hydrogen (secondary N) is 1. The van der Waals surface area contributed by atoms with Crippen LogP contribution >= 0.6 is 22.9 Å². The van der Waals surface area contributed by atoms with Gasteiger partial charge in [0.1, 0.15) is 6.04 Å². The van der Waals surface area contributed by atoms with Crippen LogP contribution in [0.3, 0.4) is 0 Å². The van der Waals surface area contributed by atoms with E-state index in [1.54, 1.807) is 11.3 Å². The van der Waals surface area contributed by atoms with Crippen molar-refractivity contribution in [2.45, 2.75) is 45.1 Å². The summed E-state index contributed by atoms with van der Waals surface area (Å²) in [5, 5.41) is 4.49. The molecule has 0 bridgehead atoms. The van der Waals surface area contributed by atoms with Crippen LogP contribution in [-0.4, -0.2) is 48.1 Å². The van der Waals surface area contributed by atoms with Crippen LogP contribution in [0.15, 0.2) is 18.2 Å². The van der Waals surface area contributed by atoms with E-state index in [4.69, 9.17) is 16.6 Å². The number of aromatic nitrogens is 1. The number of hydrogen-bond acceptors (Lipinski definition) is 5. The molecule has 1 N–H and O–H groups in total. The van der Waals surface area contributed by atoms with Gasteiger partial charge in [-0.1, -0.05) is 25.4 Å². The number of alkyl carbamates (subject to hydrolysis) is 1. The molecule has 1 saturated heterocycles. The van der Waals surface area contributed by atoms with Crippen molar-refractivity contribution in [2.75, 3.05) is 20.2 Å². The molecule has 1 aliphatic heterocycles. The summed E-state index contributed by atoms with van der Waals surface area (Å²) in [4.78, 5) is 31.2. The number of thiazole rings is 1. The molecule has 28 heavy (non-hydrogen) atoms. The minimum absolute atomic E-state index is 0.0337. The molecule has 0 spiro atoms. The quantitative estimate of drug-likeness (QED) is 0.772. The molecule has 2 amide bonds. The minimum Gasteiger partial charge on any atom is -0.453 e. The number of piperidine rings is 1. The number of ether oxygens (including phenoxy) is 1. The Morgan fingerprint density at radius 3 is 2.71 bits per heavy atom. The number of fused-ring (bicyclic) bond motifs is 1. The van der Waals surface area contributed by atoms with Crippen molar-refractivity contribution in [3.05, 3.63) is 28.2 Å². The van der Waals surface area contributed by atoms with Crippen LogP contribution in [0.5, 0.6) is 0 Å². The molecule has 0 saturated carbocycles. The largest absolute Gasteiger partial charge is 0.453 e. The van der Waals surface area contributed by atoms with Gasteiger partial charge in [-0.2, -0.15) is 0 Å². The van der Waals surface area contributed by atoms with Crippen LogP contribution in [0.25, 0.3) is 10.2 Å². The Bertz CT molecular complexity index is 846. The molecule has 1 atom stereocenters. The molecule has 2 aromatic rings. The van der Waals surface area contributed by atoms with Crippen LogP contribution in [-0.2, 0) is 9.53 Å². The number of likely N-dealkylation sites (tertiary alicyclic amines) is 1. The Morgan fingerprint density at radius 1 is 1.36 bits per heavy atom. The molecule has 1 unspecified atom stereocenters. The number of methoxy groups -OCH3 is 1. The van der Waals surface area contributed by atoms with Gasteiger partial charge in [0.2, 0.25) is 5.91 Å². The minimum atomic E-state index is -0.568. The molecule has 3 rings (SSSR count). The Kier molecular flexibility index (Phi) is 6.78. The lowest BCUT2D eigenvalue weighted by Gasteiger charge is -2.34. The van der Waals surface area contributed by atoms with Gasteiger partial charge in [0, 0.05) is 24.0 Å². The lowest BCUT2D eigenvalue weighted by Crippen LogP contribution is -2.51. The highest BCUT2D eigenvalue weighted by atomic mass is 35.5. The second-order valence-corrected chi connectivity index (χ2v) is 9.08. The van der Waals surface area contributed by atoms with Gasteiger partial charge in [-0.15, -0.1) is 11.3 Å². The monoisotopic (exact) mass is 423 g/mol. The Morgan fingerprint density at radius 2 is 2.07 bits per heavy atom. The summed E-state index contributed by atoms with van der Waals surface area (Å²) < 4.78 is 5.81. The van der Waals surface area contributed by atoms with Crippen LogP contribution in [0.1, 0.15) is 44.0 Å². The van der Waals surface area contributed by atoms with E-state index < -0.39 is 12.1 Å². The van der Waals surface area contributed by atoms with E-state index in [1.807, 2.05) is 36.9 Å². The van der Waals surface area contributed by atoms with Crippen molar-refractivity contribution < 1.29 is 14.3 Å². The van der Waals surface area contributed by atoms with Crippen molar-refractivity contribution in [3.8, 4) is 0 Å². The molecule has 1 aliphatic rings. The van der Waals surface area contributed by atoms with E-state index in [2.05, 4.69) is 10.1 Å². The third-order valence-electron chi connectivity index (χ3n) is 5.00. The summed E-state index contributed by atoms with van der Waals surface area (Å²) in [6.07, 6.45) is 1.76. The van der Waals surface area contributed by atoms with Crippen molar-refractivity contribution >= 4 is 45.2 Å². The first-order chi connectivity index (χ1) is 13.4. The maximum Gasteiger partial charge on any atom is 0.407 e. The molecule has 0 aliphatic carbocycles. The third-order valence-corrected chi connectivity index (χ3v) is 6.44. The number of benzene rings is 1. The smallest absolute Gasteiger partial charge is 0.407 e. The zero-order valence-electron chi connectivity index (χ0n) is 16.4. The van der Waals surface area contributed by atoms with Gasteiger partial charge in [0.25, 0.3) is 0 Å². The molecule has 6 nitrogen and oxygen atoms in total. The van der Waals surface area contributed by atoms with E-state index in [1.165, 1.54) is 7.11 Å². The van der Waals surface area contributed by atoms with Crippen molar-refractivity contribution in [3.63, 3.8) is 0 Å². The molecule has 0 radical (unpaired) electrons. The maximum atomic E-state index is 12.9. The first-order valence-corrected chi connectivity index (χ1v) is 10.8. The van der Waals surface area contributed by atoms with E-state index in [0.29, 0.717) is 36.4 Å². The number of amides is 2. The van der Waals surface area contributed by atoms with Crippen LogP contribution in [0.4, 0.5) is 4.79 Å². The standard InChI is InChI=1S/C20H26ClN3O3S/c1-12(2)10-16(23-20(26)27-3)19(25)24-8-6-13(7-9-24)18-22-15-11-14(21)4-5-17(15)28-18/h4-5,11-13,16H,6-10H2,1-3H3,(H,23,26). The number of carbonyl (C=O) groups excluding carboxylic acids is 2. The number of hydrogen-bond donors (Lipinski definition) is 1. The second kappa shape index (κ2) is 9.09. The third kappa shape index (κ3) is 4.94. The molecule has 1 fully saturated rings. The van der Waals surface area contributed by atoms with Gasteiger partial charge in [0.05, 0.1) is 22.3 Å².